The molecule has 0 radical (unpaired) electrons. The molecule has 0 saturated carbocycles. The van der Waals surface area contributed by atoms with Gasteiger partial charge in [0.25, 0.3) is 0 Å². The summed E-state index contributed by atoms with van der Waals surface area (Å²) in [5.74, 6) is 0.679. The third-order valence-corrected chi connectivity index (χ3v) is 3.36. The summed E-state index contributed by atoms with van der Waals surface area (Å²) in [6, 6.07) is 6.90. The summed E-state index contributed by atoms with van der Waals surface area (Å²) in [6.45, 7) is 18.5. The second-order valence-corrected chi connectivity index (χ2v) is 7.64. The molecule has 0 atom stereocenters. The fourth-order valence-electron chi connectivity index (χ4n) is 2.21. The SMILES string of the molecule is CC(C)CN(Cc1cccc(CNC(C)(C)C)n1)C(C)C. The highest BCUT2D eigenvalue weighted by Gasteiger charge is 2.13. The van der Waals surface area contributed by atoms with Gasteiger partial charge >= 0.3 is 0 Å². The molecule has 0 bridgehead atoms. The molecule has 120 valence electrons. The molecule has 1 N–H and O–H groups in total. The maximum absolute atomic E-state index is 4.80. The lowest BCUT2D eigenvalue weighted by atomic mass is 10.1. The second-order valence-electron chi connectivity index (χ2n) is 7.64. The Labute approximate surface area is 131 Å². The second kappa shape index (κ2) is 7.90. The van der Waals surface area contributed by atoms with E-state index in [0.29, 0.717) is 12.0 Å². The van der Waals surface area contributed by atoms with Crippen LogP contribution in [0, 0.1) is 5.92 Å². The normalized spacial score (nSPS) is 12.7. The van der Waals surface area contributed by atoms with E-state index in [1.165, 1.54) is 0 Å². The van der Waals surface area contributed by atoms with Gasteiger partial charge in [-0.25, -0.2) is 0 Å². The van der Waals surface area contributed by atoms with Crippen LogP contribution in [0.15, 0.2) is 18.2 Å². The van der Waals surface area contributed by atoms with Crippen LogP contribution in [0.1, 0.15) is 59.9 Å². The summed E-state index contributed by atoms with van der Waals surface area (Å²) in [4.78, 5) is 7.30. The molecule has 0 aliphatic rings. The number of nitrogens with zero attached hydrogens (tertiary/aromatic N) is 2. The van der Waals surface area contributed by atoms with Gasteiger partial charge < -0.3 is 5.32 Å². The predicted molar refractivity (Wildman–Crippen MR) is 91.2 cm³/mol. The highest BCUT2D eigenvalue weighted by atomic mass is 15.2. The first kappa shape index (κ1) is 18.1. The molecule has 1 rings (SSSR count). The molecule has 0 amide bonds. The number of nitrogens with one attached hydrogen (secondary N) is 1. The number of aromatic nitrogens is 1. The van der Waals surface area contributed by atoms with E-state index >= 15 is 0 Å². The van der Waals surface area contributed by atoms with E-state index in [0.717, 1.165) is 31.0 Å². The molecule has 1 aromatic heterocycles. The zero-order valence-electron chi connectivity index (χ0n) is 14.9. The Bertz CT molecular complexity index is 419. The van der Waals surface area contributed by atoms with Crippen LogP contribution in [-0.4, -0.2) is 28.0 Å². The van der Waals surface area contributed by atoms with Crippen molar-refractivity contribution < 1.29 is 0 Å². The fraction of sp³-hybridized carbons (Fsp3) is 0.722. The summed E-state index contributed by atoms with van der Waals surface area (Å²) < 4.78 is 0. The Morgan fingerprint density at radius 2 is 1.71 bits per heavy atom. The quantitative estimate of drug-likeness (QED) is 0.827. The van der Waals surface area contributed by atoms with Crippen molar-refractivity contribution in [3.8, 4) is 0 Å². The van der Waals surface area contributed by atoms with E-state index in [9.17, 15) is 0 Å². The van der Waals surface area contributed by atoms with Gasteiger partial charge in [0, 0.05) is 31.2 Å². The van der Waals surface area contributed by atoms with Crippen molar-refractivity contribution in [3.05, 3.63) is 29.6 Å². The van der Waals surface area contributed by atoms with Gasteiger partial charge in [-0.2, -0.15) is 0 Å². The first-order chi connectivity index (χ1) is 9.67. The number of hydrogen-bond donors (Lipinski definition) is 1. The van der Waals surface area contributed by atoms with Crippen molar-refractivity contribution in [3.63, 3.8) is 0 Å². The molecule has 0 fully saturated rings. The molecule has 3 heteroatoms. The summed E-state index contributed by atoms with van der Waals surface area (Å²) in [7, 11) is 0. The number of pyridine rings is 1. The topological polar surface area (TPSA) is 28.2 Å². The van der Waals surface area contributed by atoms with Crippen LogP contribution in [-0.2, 0) is 13.1 Å². The van der Waals surface area contributed by atoms with Crippen molar-refractivity contribution in [2.45, 2.75) is 73.1 Å². The third kappa shape index (κ3) is 7.58. The standard InChI is InChI=1S/C18H33N3/c1-14(2)12-21(15(3)4)13-17-10-8-9-16(20-17)11-19-18(5,6)7/h8-10,14-15,19H,11-13H2,1-7H3. The lowest BCUT2D eigenvalue weighted by Crippen LogP contribution is -2.36. The van der Waals surface area contributed by atoms with Gasteiger partial charge in [0.15, 0.2) is 0 Å². The fourth-order valence-corrected chi connectivity index (χ4v) is 2.21. The lowest BCUT2D eigenvalue weighted by Gasteiger charge is -2.28. The first-order valence-electron chi connectivity index (χ1n) is 8.11. The number of hydrogen-bond acceptors (Lipinski definition) is 3. The summed E-state index contributed by atoms with van der Waals surface area (Å²) in [5, 5.41) is 3.50. The van der Waals surface area contributed by atoms with Crippen molar-refractivity contribution in [1.29, 1.82) is 0 Å². The summed E-state index contributed by atoms with van der Waals surface area (Å²) in [6.07, 6.45) is 0. The predicted octanol–water partition coefficient (Wildman–Crippen LogP) is 3.84. The van der Waals surface area contributed by atoms with Crippen LogP contribution < -0.4 is 5.32 Å². The van der Waals surface area contributed by atoms with Gasteiger partial charge in [0.1, 0.15) is 0 Å². The minimum absolute atomic E-state index is 0.124. The van der Waals surface area contributed by atoms with Crippen LogP contribution in [0.4, 0.5) is 0 Å². The molecule has 0 spiro atoms. The van der Waals surface area contributed by atoms with Crippen molar-refractivity contribution in [1.82, 2.24) is 15.2 Å². The van der Waals surface area contributed by atoms with Crippen LogP contribution in [0.2, 0.25) is 0 Å². The van der Waals surface area contributed by atoms with Gasteiger partial charge in [0.2, 0.25) is 0 Å². The highest BCUT2D eigenvalue weighted by Crippen LogP contribution is 2.11. The minimum atomic E-state index is 0.124. The molecule has 1 aromatic rings. The molecular formula is C18H33N3. The molecule has 0 unspecified atom stereocenters. The molecule has 0 aromatic carbocycles. The Hall–Kier alpha value is -0.930. The lowest BCUT2D eigenvalue weighted by molar-refractivity contribution is 0.187. The molecule has 1 heterocycles. The maximum Gasteiger partial charge on any atom is 0.0547 e. The summed E-state index contributed by atoms with van der Waals surface area (Å²) in [5.41, 5.74) is 2.41. The van der Waals surface area contributed by atoms with Crippen molar-refractivity contribution in [2.24, 2.45) is 5.92 Å². The van der Waals surface area contributed by atoms with E-state index in [-0.39, 0.29) is 5.54 Å². The Balaban J connectivity index is 2.70. The number of rotatable bonds is 7. The Kier molecular flexibility index (Phi) is 6.82. The van der Waals surface area contributed by atoms with E-state index in [4.69, 9.17) is 4.98 Å². The average Bonchev–Trinajstić information content (AvgIpc) is 2.34. The van der Waals surface area contributed by atoms with Gasteiger partial charge in [-0.1, -0.05) is 19.9 Å². The van der Waals surface area contributed by atoms with Crippen molar-refractivity contribution in [2.75, 3.05) is 6.54 Å². The highest BCUT2D eigenvalue weighted by molar-refractivity contribution is 5.11. The maximum atomic E-state index is 4.80. The van der Waals surface area contributed by atoms with Crippen molar-refractivity contribution >= 4 is 0 Å². The zero-order valence-corrected chi connectivity index (χ0v) is 14.9. The van der Waals surface area contributed by atoms with Gasteiger partial charge in [-0.3, -0.25) is 9.88 Å². The third-order valence-electron chi connectivity index (χ3n) is 3.36. The molecule has 0 aliphatic carbocycles. The zero-order chi connectivity index (χ0) is 16.0. The first-order valence-corrected chi connectivity index (χ1v) is 8.11. The minimum Gasteiger partial charge on any atom is -0.306 e. The van der Waals surface area contributed by atoms with Crippen LogP contribution in [0.5, 0.6) is 0 Å². The molecular weight excluding hydrogens is 258 g/mol. The van der Waals surface area contributed by atoms with E-state index < -0.39 is 0 Å². The Morgan fingerprint density at radius 1 is 1.10 bits per heavy atom. The molecule has 0 saturated heterocycles. The Morgan fingerprint density at radius 3 is 2.24 bits per heavy atom. The van der Waals surface area contributed by atoms with E-state index in [2.05, 4.69) is 76.9 Å². The smallest absolute Gasteiger partial charge is 0.0547 e. The van der Waals surface area contributed by atoms with Crippen LogP contribution >= 0.6 is 0 Å². The molecule has 21 heavy (non-hydrogen) atoms. The van der Waals surface area contributed by atoms with Gasteiger partial charge in [-0.15, -0.1) is 0 Å². The monoisotopic (exact) mass is 291 g/mol. The average molecular weight is 291 g/mol. The van der Waals surface area contributed by atoms with Crippen LogP contribution in [0.3, 0.4) is 0 Å². The van der Waals surface area contributed by atoms with E-state index in [1.807, 2.05) is 0 Å². The van der Waals surface area contributed by atoms with Crippen LogP contribution in [0.25, 0.3) is 0 Å². The molecule has 0 aliphatic heterocycles. The van der Waals surface area contributed by atoms with Gasteiger partial charge in [-0.05, 0) is 52.7 Å². The van der Waals surface area contributed by atoms with Gasteiger partial charge in [0.05, 0.1) is 11.4 Å². The largest absolute Gasteiger partial charge is 0.306 e. The molecule has 3 nitrogen and oxygen atoms in total. The summed E-state index contributed by atoms with van der Waals surface area (Å²) >= 11 is 0. The van der Waals surface area contributed by atoms with E-state index in [1.54, 1.807) is 0 Å².